The molecule has 2 rings (SSSR count). The summed E-state index contributed by atoms with van der Waals surface area (Å²) in [5, 5.41) is 3.39. The van der Waals surface area contributed by atoms with E-state index in [1.54, 1.807) is 0 Å². The van der Waals surface area contributed by atoms with Gasteiger partial charge in [-0.25, -0.2) is 4.99 Å². The van der Waals surface area contributed by atoms with Crippen molar-refractivity contribution in [2.75, 3.05) is 19.7 Å². The van der Waals surface area contributed by atoms with Crippen LogP contribution in [-0.4, -0.2) is 31.6 Å². The van der Waals surface area contributed by atoms with Gasteiger partial charge >= 0.3 is 0 Å². The lowest BCUT2D eigenvalue weighted by Crippen LogP contribution is -2.34. The zero-order valence-electron chi connectivity index (χ0n) is 9.12. The van der Waals surface area contributed by atoms with E-state index in [1.165, 1.54) is 12.8 Å². The summed E-state index contributed by atoms with van der Waals surface area (Å²) in [5.41, 5.74) is 0. The van der Waals surface area contributed by atoms with Crippen LogP contribution in [0, 0.1) is 11.8 Å². The fourth-order valence-corrected chi connectivity index (χ4v) is 2.04. The largest absolute Gasteiger partial charge is 0.478 e. The Bertz CT molecular complexity index is 219. The van der Waals surface area contributed by atoms with Gasteiger partial charge in [-0.05, 0) is 25.3 Å². The minimum absolute atomic E-state index is 0.395. The van der Waals surface area contributed by atoms with Gasteiger partial charge in [0.2, 0.25) is 0 Å². The fraction of sp³-hybridized carbons (Fsp3) is 0.909. The Morgan fingerprint density at radius 2 is 2.36 bits per heavy atom. The molecule has 2 heterocycles. The van der Waals surface area contributed by atoms with Crippen molar-refractivity contribution in [1.29, 1.82) is 0 Å². The summed E-state index contributed by atoms with van der Waals surface area (Å²) in [7, 11) is 0. The van der Waals surface area contributed by atoms with E-state index in [1.807, 2.05) is 0 Å². The lowest BCUT2D eigenvalue weighted by atomic mass is 9.99. The van der Waals surface area contributed by atoms with Gasteiger partial charge < -0.3 is 10.1 Å². The summed E-state index contributed by atoms with van der Waals surface area (Å²) in [6, 6.07) is 0.395. The Balaban J connectivity index is 1.94. The first kappa shape index (κ1) is 9.97. The number of hydrogen-bond donors (Lipinski definition) is 1. The van der Waals surface area contributed by atoms with Crippen LogP contribution in [0.15, 0.2) is 4.99 Å². The van der Waals surface area contributed by atoms with Crippen LogP contribution in [0.1, 0.15) is 26.7 Å². The molecule has 1 fully saturated rings. The fourth-order valence-electron chi connectivity index (χ4n) is 2.04. The van der Waals surface area contributed by atoms with Crippen LogP contribution in [0.4, 0.5) is 0 Å². The SMILES string of the molecule is CC(C)C1COC(C2CCCNC2)=N1. The van der Waals surface area contributed by atoms with Gasteiger partial charge in [0.05, 0.1) is 6.04 Å². The van der Waals surface area contributed by atoms with Crippen molar-refractivity contribution in [3.05, 3.63) is 0 Å². The Morgan fingerprint density at radius 3 is 2.93 bits per heavy atom. The summed E-state index contributed by atoms with van der Waals surface area (Å²) in [6.45, 7) is 7.41. The molecule has 1 N–H and O–H groups in total. The number of piperidine rings is 1. The summed E-state index contributed by atoms with van der Waals surface area (Å²) >= 11 is 0. The Kier molecular flexibility index (Phi) is 3.06. The highest BCUT2D eigenvalue weighted by Gasteiger charge is 2.28. The van der Waals surface area contributed by atoms with Crippen molar-refractivity contribution < 1.29 is 4.74 Å². The van der Waals surface area contributed by atoms with Crippen molar-refractivity contribution in [2.45, 2.75) is 32.7 Å². The highest BCUT2D eigenvalue weighted by Crippen LogP contribution is 2.21. The second kappa shape index (κ2) is 4.30. The van der Waals surface area contributed by atoms with Crippen LogP contribution in [-0.2, 0) is 4.74 Å². The molecular formula is C11H20N2O. The number of hydrogen-bond acceptors (Lipinski definition) is 3. The van der Waals surface area contributed by atoms with E-state index in [4.69, 9.17) is 4.74 Å². The average Bonchev–Trinajstić information content (AvgIpc) is 2.68. The molecule has 3 nitrogen and oxygen atoms in total. The summed E-state index contributed by atoms with van der Waals surface area (Å²) in [5.74, 6) is 2.15. The predicted octanol–water partition coefficient (Wildman–Crippen LogP) is 1.44. The molecule has 2 aliphatic rings. The number of aliphatic imine (C=N–C) groups is 1. The van der Waals surface area contributed by atoms with E-state index in [9.17, 15) is 0 Å². The quantitative estimate of drug-likeness (QED) is 0.725. The first-order chi connectivity index (χ1) is 6.77. The third-order valence-corrected chi connectivity index (χ3v) is 3.11. The van der Waals surface area contributed by atoms with Gasteiger partial charge in [-0.3, -0.25) is 0 Å². The van der Waals surface area contributed by atoms with Crippen LogP contribution in [0.3, 0.4) is 0 Å². The number of nitrogens with zero attached hydrogens (tertiary/aromatic N) is 1. The molecule has 1 saturated heterocycles. The Labute approximate surface area is 85.9 Å². The van der Waals surface area contributed by atoms with Crippen LogP contribution in [0.25, 0.3) is 0 Å². The molecule has 80 valence electrons. The van der Waals surface area contributed by atoms with Gasteiger partial charge in [0.15, 0.2) is 5.90 Å². The minimum atomic E-state index is 0.395. The molecule has 2 unspecified atom stereocenters. The van der Waals surface area contributed by atoms with E-state index in [0.717, 1.165) is 25.6 Å². The first-order valence-corrected chi connectivity index (χ1v) is 5.68. The van der Waals surface area contributed by atoms with Crippen molar-refractivity contribution >= 4 is 5.90 Å². The smallest absolute Gasteiger partial charge is 0.188 e. The standard InChI is InChI=1S/C11H20N2O/c1-8(2)10-7-14-11(13-10)9-4-3-5-12-6-9/h8-10,12H,3-7H2,1-2H3. The molecule has 0 saturated carbocycles. The zero-order valence-corrected chi connectivity index (χ0v) is 9.12. The number of ether oxygens (including phenoxy) is 1. The number of nitrogens with one attached hydrogen (secondary N) is 1. The molecular weight excluding hydrogens is 176 g/mol. The molecule has 2 atom stereocenters. The zero-order chi connectivity index (χ0) is 9.97. The van der Waals surface area contributed by atoms with E-state index >= 15 is 0 Å². The predicted molar refractivity (Wildman–Crippen MR) is 57.6 cm³/mol. The maximum absolute atomic E-state index is 5.68. The highest BCUT2D eigenvalue weighted by molar-refractivity contribution is 5.80. The molecule has 3 heteroatoms. The molecule has 0 aromatic carbocycles. The monoisotopic (exact) mass is 196 g/mol. The van der Waals surface area contributed by atoms with Crippen molar-refractivity contribution in [1.82, 2.24) is 5.32 Å². The Hall–Kier alpha value is -0.570. The molecule has 0 aliphatic carbocycles. The van der Waals surface area contributed by atoms with E-state index in [-0.39, 0.29) is 0 Å². The van der Waals surface area contributed by atoms with Gasteiger partial charge in [0, 0.05) is 12.5 Å². The van der Waals surface area contributed by atoms with Gasteiger partial charge in [-0.15, -0.1) is 0 Å². The molecule has 14 heavy (non-hydrogen) atoms. The van der Waals surface area contributed by atoms with Crippen LogP contribution < -0.4 is 5.32 Å². The van der Waals surface area contributed by atoms with E-state index in [2.05, 4.69) is 24.2 Å². The van der Waals surface area contributed by atoms with Crippen LogP contribution in [0.5, 0.6) is 0 Å². The minimum Gasteiger partial charge on any atom is -0.478 e. The molecule has 0 aromatic heterocycles. The van der Waals surface area contributed by atoms with Crippen molar-refractivity contribution in [3.63, 3.8) is 0 Å². The third kappa shape index (κ3) is 2.08. The molecule has 0 radical (unpaired) electrons. The van der Waals surface area contributed by atoms with Gasteiger partial charge in [0.25, 0.3) is 0 Å². The first-order valence-electron chi connectivity index (χ1n) is 5.68. The molecule has 0 bridgehead atoms. The molecule has 0 amide bonds. The summed E-state index contributed by atoms with van der Waals surface area (Å²) in [6.07, 6.45) is 2.48. The molecule has 0 aromatic rings. The summed E-state index contributed by atoms with van der Waals surface area (Å²) < 4.78 is 5.68. The van der Waals surface area contributed by atoms with Crippen LogP contribution >= 0.6 is 0 Å². The third-order valence-electron chi connectivity index (χ3n) is 3.11. The normalized spacial score (nSPS) is 32.9. The summed E-state index contributed by atoms with van der Waals surface area (Å²) in [4.78, 5) is 4.67. The van der Waals surface area contributed by atoms with Crippen molar-refractivity contribution in [3.8, 4) is 0 Å². The molecule has 2 aliphatic heterocycles. The topological polar surface area (TPSA) is 33.6 Å². The van der Waals surface area contributed by atoms with Gasteiger partial charge in [-0.2, -0.15) is 0 Å². The highest BCUT2D eigenvalue weighted by atomic mass is 16.5. The second-order valence-electron chi connectivity index (χ2n) is 4.63. The van der Waals surface area contributed by atoms with Gasteiger partial charge in [-0.1, -0.05) is 13.8 Å². The lowest BCUT2D eigenvalue weighted by molar-refractivity contribution is 0.268. The number of rotatable bonds is 2. The Morgan fingerprint density at radius 1 is 1.50 bits per heavy atom. The van der Waals surface area contributed by atoms with Gasteiger partial charge in [0.1, 0.15) is 6.61 Å². The lowest BCUT2D eigenvalue weighted by Gasteiger charge is -2.21. The molecule has 0 spiro atoms. The van der Waals surface area contributed by atoms with E-state index < -0.39 is 0 Å². The van der Waals surface area contributed by atoms with Crippen molar-refractivity contribution in [2.24, 2.45) is 16.8 Å². The average molecular weight is 196 g/mol. The van der Waals surface area contributed by atoms with E-state index in [0.29, 0.717) is 17.9 Å². The maximum atomic E-state index is 5.68. The second-order valence-corrected chi connectivity index (χ2v) is 4.63. The maximum Gasteiger partial charge on any atom is 0.188 e. The van der Waals surface area contributed by atoms with Crippen LogP contribution in [0.2, 0.25) is 0 Å².